The number of pyridine rings is 1. The van der Waals surface area contributed by atoms with Gasteiger partial charge >= 0.3 is 0 Å². The largest absolute Gasteiger partial charge is 0.337 e. The Morgan fingerprint density at radius 3 is 2.40 bits per heavy atom. The van der Waals surface area contributed by atoms with E-state index in [0.29, 0.717) is 21.8 Å². The predicted octanol–water partition coefficient (Wildman–Crippen LogP) is 4.86. The van der Waals surface area contributed by atoms with E-state index in [1.54, 1.807) is 12.4 Å². The van der Waals surface area contributed by atoms with Gasteiger partial charge in [0.05, 0.1) is 5.75 Å². The fourth-order valence-electron chi connectivity index (χ4n) is 3.99. The van der Waals surface area contributed by atoms with Crippen LogP contribution in [-0.2, 0) is 4.79 Å². The van der Waals surface area contributed by atoms with Gasteiger partial charge in [0.25, 0.3) is 0 Å². The van der Waals surface area contributed by atoms with Crippen LogP contribution in [0, 0.1) is 0 Å². The van der Waals surface area contributed by atoms with Gasteiger partial charge in [-0.15, -0.1) is 10.2 Å². The van der Waals surface area contributed by atoms with Gasteiger partial charge in [-0.1, -0.05) is 23.4 Å². The molecule has 8 heteroatoms. The number of amides is 1. The zero-order valence-electron chi connectivity index (χ0n) is 17.0. The number of benzene rings is 1. The van der Waals surface area contributed by atoms with Crippen molar-refractivity contribution >= 4 is 29.3 Å². The summed E-state index contributed by atoms with van der Waals surface area (Å²) in [7, 11) is 0. The molecule has 2 atom stereocenters. The lowest BCUT2D eigenvalue weighted by Gasteiger charge is -2.39. The summed E-state index contributed by atoms with van der Waals surface area (Å²) in [5.74, 6) is 1.18. The normalized spacial score (nSPS) is 19.1. The maximum atomic E-state index is 13.0. The lowest BCUT2D eigenvalue weighted by Crippen LogP contribution is -2.48. The van der Waals surface area contributed by atoms with Crippen molar-refractivity contribution < 1.29 is 4.79 Å². The van der Waals surface area contributed by atoms with Gasteiger partial charge in [-0.3, -0.25) is 14.3 Å². The third kappa shape index (κ3) is 4.37. The Hall–Kier alpha value is -2.38. The Bertz CT molecular complexity index is 998. The zero-order valence-corrected chi connectivity index (χ0v) is 18.6. The smallest absolute Gasteiger partial charge is 0.233 e. The molecular formula is C22H24ClN5OS. The fourth-order valence-corrected chi connectivity index (χ4v) is 4.94. The van der Waals surface area contributed by atoms with E-state index in [1.807, 2.05) is 45.9 Å². The summed E-state index contributed by atoms with van der Waals surface area (Å²) in [5, 5.41) is 10.1. The van der Waals surface area contributed by atoms with Crippen molar-refractivity contribution in [3.63, 3.8) is 0 Å². The highest BCUT2D eigenvalue weighted by Crippen LogP contribution is 2.30. The molecule has 1 aliphatic heterocycles. The van der Waals surface area contributed by atoms with E-state index in [4.69, 9.17) is 11.6 Å². The molecule has 156 valence electrons. The van der Waals surface area contributed by atoms with Crippen LogP contribution < -0.4 is 0 Å². The van der Waals surface area contributed by atoms with Gasteiger partial charge in [0, 0.05) is 40.8 Å². The van der Waals surface area contributed by atoms with E-state index in [0.717, 1.165) is 24.1 Å². The van der Waals surface area contributed by atoms with Crippen molar-refractivity contribution in [3.05, 3.63) is 53.8 Å². The Balaban J connectivity index is 1.62. The van der Waals surface area contributed by atoms with E-state index in [-0.39, 0.29) is 18.0 Å². The van der Waals surface area contributed by atoms with E-state index < -0.39 is 0 Å². The zero-order chi connectivity index (χ0) is 21.1. The first-order valence-electron chi connectivity index (χ1n) is 10.1. The number of carbonyl (C=O) groups is 1. The molecule has 0 aliphatic carbocycles. The Morgan fingerprint density at radius 2 is 1.73 bits per heavy atom. The molecule has 0 bridgehead atoms. The molecule has 0 N–H and O–H groups in total. The molecule has 1 aliphatic rings. The first-order chi connectivity index (χ1) is 14.5. The molecule has 6 nitrogen and oxygen atoms in total. The number of piperidine rings is 1. The van der Waals surface area contributed by atoms with E-state index in [9.17, 15) is 4.79 Å². The maximum Gasteiger partial charge on any atom is 0.233 e. The van der Waals surface area contributed by atoms with Gasteiger partial charge in [0.15, 0.2) is 11.0 Å². The molecular weight excluding hydrogens is 418 g/mol. The second-order valence-electron chi connectivity index (χ2n) is 7.57. The lowest BCUT2D eigenvalue weighted by atomic mass is 9.98. The van der Waals surface area contributed by atoms with E-state index >= 15 is 0 Å². The molecule has 30 heavy (non-hydrogen) atoms. The van der Waals surface area contributed by atoms with E-state index in [1.165, 1.54) is 18.2 Å². The van der Waals surface area contributed by atoms with Crippen LogP contribution in [0.5, 0.6) is 0 Å². The first kappa shape index (κ1) is 20.9. The van der Waals surface area contributed by atoms with Crippen LogP contribution in [0.1, 0.15) is 33.1 Å². The standard InChI is InChI=1S/C22H24ClN5OS/c1-15-4-3-5-16(2)27(15)20(29)14-30-22-26-25-21(17-10-12-24-13-11-17)28(22)19-8-6-18(23)7-9-19/h6-13,15-16H,3-5,14H2,1-2H3/t15-,16-/m0/s1. The minimum Gasteiger partial charge on any atom is -0.337 e. The van der Waals surface area contributed by atoms with E-state index in [2.05, 4.69) is 29.0 Å². The molecule has 3 heterocycles. The van der Waals surface area contributed by atoms with Gasteiger partial charge in [0.2, 0.25) is 5.91 Å². The Labute approximate surface area is 185 Å². The topological polar surface area (TPSA) is 63.9 Å². The van der Waals surface area contributed by atoms with Crippen LogP contribution in [0.3, 0.4) is 0 Å². The summed E-state index contributed by atoms with van der Waals surface area (Å²) in [6.45, 7) is 4.27. The lowest BCUT2D eigenvalue weighted by molar-refractivity contribution is -0.134. The third-order valence-corrected chi connectivity index (χ3v) is 6.63. The highest BCUT2D eigenvalue weighted by atomic mass is 35.5. The van der Waals surface area contributed by atoms with Gasteiger partial charge in [-0.25, -0.2) is 0 Å². The Morgan fingerprint density at radius 1 is 1.07 bits per heavy atom. The van der Waals surface area contributed by atoms with Crippen molar-refractivity contribution in [1.29, 1.82) is 0 Å². The molecule has 1 amide bonds. The minimum absolute atomic E-state index is 0.149. The molecule has 3 aromatic rings. The second-order valence-corrected chi connectivity index (χ2v) is 8.95. The summed E-state index contributed by atoms with van der Waals surface area (Å²) in [4.78, 5) is 19.1. The predicted molar refractivity (Wildman–Crippen MR) is 120 cm³/mol. The van der Waals surface area contributed by atoms with Gasteiger partial charge in [0.1, 0.15) is 0 Å². The number of hydrogen-bond acceptors (Lipinski definition) is 5. The minimum atomic E-state index is 0.149. The monoisotopic (exact) mass is 441 g/mol. The summed E-state index contributed by atoms with van der Waals surface area (Å²) < 4.78 is 1.96. The highest BCUT2D eigenvalue weighted by molar-refractivity contribution is 7.99. The number of aromatic nitrogens is 4. The SMILES string of the molecule is C[C@H]1CCC[C@H](C)N1C(=O)CSc1nnc(-c2ccncc2)n1-c1ccc(Cl)cc1. The summed E-state index contributed by atoms with van der Waals surface area (Å²) in [6, 6.07) is 11.9. The first-order valence-corrected chi connectivity index (χ1v) is 11.5. The van der Waals surface area contributed by atoms with Crippen molar-refractivity contribution in [2.75, 3.05) is 5.75 Å². The van der Waals surface area contributed by atoms with Crippen LogP contribution >= 0.6 is 23.4 Å². The van der Waals surface area contributed by atoms with Crippen molar-refractivity contribution in [2.45, 2.75) is 50.4 Å². The molecule has 1 saturated heterocycles. The maximum absolute atomic E-state index is 13.0. The van der Waals surface area contributed by atoms with Gasteiger partial charge in [-0.05, 0) is 69.5 Å². The van der Waals surface area contributed by atoms with Crippen LogP contribution in [-0.4, -0.2) is 48.4 Å². The number of rotatable bonds is 5. The molecule has 2 aromatic heterocycles. The summed E-state index contributed by atoms with van der Waals surface area (Å²) >= 11 is 7.50. The summed E-state index contributed by atoms with van der Waals surface area (Å²) in [5.41, 5.74) is 1.80. The molecule has 1 fully saturated rings. The summed E-state index contributed by atoms with van der Waals surface area (Å²) in [6.07, 6.45) is 6.76. The number of hydrogen-bond donors (Lipinski definition) is 0. The van der Waals surface area contributed by atoms with Crippen molar-refractivity contribution in [1.82, 2.24) is 24.6 Å². The van der Waals surface area contributed by atoms with Crippen LogP contribution in [0.25, 0.3) is 17.1 Å². The third-order valence-electron chi connectivity index (χ3n) is 5.46. The molecule has 4 rings (SSSR count). The fraction of sp³-hybridized carbons (Fsp3) is 0.364. The molecule has 0 unspecified atom stereocenters. The number of thioether (sulfide) groups is 1. The quantitative estimate of drug-likeness (QED) is 0.529. The number of nitrogens with zero attached hydrogens (tertiary/aromatic N) is 5. The number of likely N-dealkylation sites (tertiary alicyclic amines) is 1. The molecule has 0 radical (unpaired) electrons. The Kier molecular flexibility index (Phi) is 6.39. The molecule has 1 aromatic carbocycles. The second kappa shape index (κ2) is 9.18. The van der Waals surface area contributed by atoms with Crippen LogP contribution in [0.15, 0.2) is 53.9 Å². The highest BCUT2D eigenvalue weighted by Gasteiger charge is 2.29. The average molecular weight is 442 g/mol. The van der Waals surface area contributed by atoms with Crippen molar-refractivity contribution in [2.24, 2.45) is 0 Å². The average Bonchev–Trinajstić information content (AvgIpc) is 3.17. The molecule has 0 spiro atoms. The van der Waals surface area contributed by atoms with Crippen LogP contribution in [0.4, 0.5) is 0 Å². The van der Waals surface area contributed by atoms with Gasteiger partial charge < -0.3 is 4.90 Å². The molecule has 0 saturated carbocycles. The van der Waals surface area contributed by atoms with Crippen LogP contribution in [0.2, 0.25) is 5.02 Å². The van der Waals surface area contributed by atoms with Crippen molar-refractivity contribution in [3.8, 4) is 17.1 Å². The number of carbonyl (C=O) groups excluding carboxylic acids is 1. The number of halogens is 1. The van der Waals surface area contributed by atoms with Gasteiger partial charge in [-0.2, -0.15) is 0 Å².